The molecule has 1 saturated heterocycles. The van der Waals surface area contributed by atoms with E-state index in [4.69, 9.17) is 15.5 Å². The Morgan fingerprint density at radius 2 is 1.93 bits per heavy atom. The van der Waals surface area contributed by atoms with Gasteiger partial charge in [0.05, 0.1) is 12.6 Å². The van der Waals surface area contributed by atoms with Crippen LogP contribution < -0.4 is 15.8 Å². The molecule has 3 heterocycles. The van der Waals surface area contributed by atoms with Gasteiger partial charge in [-0.3, -0.25) is 4.40 Å². The molecule has 1 aliphatic heterocycles. The van der Waals surface area contributed by atoms with Gasteiger partial charge in [0.1, 0.15) is 28.6 Å². The molecular weight excluding hydrogens is 374 g/mol. The molecule has 1 atom stereocenters. The minimum atomic E-state index is 0.244. The summed E-state index contributed by atoms with van der Waals surface area (Å²) in [5.41, 5.74) is 10.2. The topological polar surface area (TPSA) is 77.5 Å². The fourth-order valence-electron chi connectivity index (χ4n) is 4.08. The molecule has 0 bridgehead atoms. The molecule has 1 aliphatic rings. The second-order valence-electron chi connectivity index (χ2n) is 7.61. The maximum Gasteiger partial charge on any atom is 0.150 e. The van der Waals surface area contributed by atoms with Gasteiger partial charge in [-0.05, 0) is 49.2 Å². The molecule has 0 spiro atoms. The number of nitrogens with two attached hydrogens (primary N) is 1. The molecule has 2 aromatic carbocycles. The van der Waals surface area contributed by atoms with Crippen molar-refractivity contribution in [2.24, 2.45) is 0 Å². The SMILES string of the molecule is Nc1nccn2c(C3CCCN3)nc(-c3ccc(OCCc4ccccc4)cc3)c12. The lowest BCUT2D eigenvalue weighted by Gasteiger charge is -2.08. The molecule has 4 aromatic rings. The van der Waals surface area contributed by atoms with E-state index in [0.717, 1.165) is 54.2 Å². The van der Waals surface area contributed by atoms with E-state index >= 15 is 0 Å². The predicted molar refractivity (Wildman–Crippen MR) is 118 cm³/mol. The number of imidazole rings is 1. The van der Waals surface area contributed by atoms with Crippen LogP contribution in [0.3, 0.4) is 0 Å². The highest BCUT2D eigenvalue weighted by Gasteiger charge is 2.24. The van der Waals surface area contributed by atoms with Gasteiger partial charge < -0.3 is 15.8 Å². The maximum absolute atomic E-state index is 6.24. The monoisotopic (exact) mass is 399 g/mol. The largest absolute Gasteiger partial charge is 0.493 e. The normalized spacial score (nSPS) is 16.2. The number of hydrogen-bond donors (Lipinski definition) is 2. The van der Waals surface area contributed by atoms with Crippen molar-refractivity contribution in [1.82, 2.24) is 19.7 Å². The van der Waals surface area contributed by atoms with E-state index in [1.807, 2.05) is 36.5 Å². The van der Waals surface area contributed by atoms with Crippen LogP contribution in [-0.2, 0) is 6.42 Å². The highest BCUT2D eigenvalue weighted by molar-refractivity contribution is 5.85. The lowest BCUT2D eigenvalue weighted by Crippen LogP contribution is -2.15. The minimum absolute atomic E-state index is 0.244. The zero-order valence-electron chi connectivity index (χ0n) is 16.8. The highest BCUT2D eigenvalue weighted by Crippen LogP contribution is 2.33. The van der Waals surface area contributed by atoms with E-state index in [0.29, 0.717) is 12.4 Å². The summed E-state index contributed by atoms with van der Waals surface area (Å²) in [6.07, 6.45) is 6.79. The van der Waals surface area contributed by atoms with Crippen LogP contribution in [0, 0.1) is 0 Å². The van der Waals surface area contributed by atoms with Crippen LogP contribution in [0.2, 0.25) is 0 Å². The molecule has 6 heteroatoms. The Labute approximate surface area is 175 Å². The summed E-state index contributed by atoms with van der Waals surface area (Å²) < 4.78 is 8.00. The molecule has 3 N–H and O–H groups in total. The van der Waals surface area contributed by atoms with Gasteiger partial charge in [-0.2, -0.15) is 0 Å². The van der Waals surface area contributed by atoms with Gasteiger partial charge in [0.2, 0.25) is 0 Å². The number of hydrogen-bond acceptors (Lipinski definition) is 5. The molecule has 152 valence electrons. The van der Waals surface area contributed by atoms with Crippen molar-refractivity contribution in [3.8, 4) is 17.0 Å². The Balaban J connectivity index is 1.39. The number of nitrogens with zero attached hydrogens (tertiary/aromatic N) is 3. The standard InChI is InChI=1S/C24H25N5O/c25-23-22-21(28-24(20-7-4-13-26-20)29(22)15-14-27-23)18-8-10-19(11-9-18)30-16-12-17-5-2-1-3-6-17/h1-3,5-6,8-11,14-15,20,26H,4,7,12-13,16H2,(H2,25,27). The first-order valence-corrected chi connectivity index (χ1v) is 10.4. The molecule has 2 aromatic heterocycles. The Kier molecular flexibility index (Phi) is 5.07. The number of benzene rings is 2. The first-order chi connectivity index (χ1) is 14.8. The van der Waals surface area contributed by atoms with Crippen LogP contribution >= 0.6 is 0 Å². The molecule has 0 radical (unpaired) electrons. The summed E-state index contributed by atoms with van der Waals surface area (Å²) in [6.45, 7) is 1.66. The molecule has 0 amide bonds. The average Bonchev–Trinajstić information content (AvgIpc) is 3.44. The Morgan fingerprint density at radius 3 is 2.70 bits per heavy atom. The number of rotatable bonds is 6. The smallest absolute Gasteiger partial charge is 0.150 e. The summed E-state index contributed by atoms with van der Waals surface area (Å²) in [5.74, 6) is 2.34. The summed E-state index contributed by atoms with van der Waals surface area (Å²) in [5, 5.41) is 3.53. The first kappa shape index (κ1) is 18.6. The summed E-state index contributed by atoms with van der Waals surface area (Å²) in [7, 11) is 0. The van der Waals surface area contributed by atoms with Gasteiger partial charge in [-0.25, -0.2) is 9.97 Å². The van der Waals surface area contributed by atoms with E-state index in [9.17, 15) is 0 Å². The van der Waals surface area contributed by atoms with E-state index in [1.54, 1.807) is 6.20 Å². The summed E-state index contributed by atoms with van der Waals surface area (Å²) in [4.78, 5) is 9.27. The quantitative estimate of drug-likeness (QED) is 0.512. The lowest BCUT2D eigenvalue weighted by atomic mass is 10.1. The number of nitrogen functional groups attached to an aromatic ring is 1. The zero-order chi connectivity index (χ0) is 20.3. The van der Waals surface area contributed by atoms with Crippen LogP contribution in [0.5, 0.6) is 5.75 Å². The van der Waals surface area contributed by atoms with E-state index in [2.05, 4.69) is 39.0 Å². The van der Waals surface area contributed by atoms with Gasteiger partial charge in [0, 0.05) is 24.4 Å². The average molecular weight is 399 g/mol. The molecule has 5 rings (SSSR count). The third-order valence-electron chi connectivity index (χ3n) is 5.61. The van der Waals surface area contributed by atoms with Crippen LogP contribution in [0.4, 0.5) is 5.82 Å². The fourth-order valence-corrected chi connectivity index (χ4v) is 4.08. The number of nitrogens with one attached hydrogen (secondary N) is 1. The van der Waals surface area contributed by atoms with Crippen LogP contribution in [-0.4, -0.2) is 27.5 Å². The van der Waals surface area contributed by atoms with Crippen molar-refractivity contribution in [3.05, 3.63) is 78.4 Å². The van der Waals surface area contributed by atoms with Crippen molar-refractivity contribution in [2.75, 3.05) is 18.9 Å². The fraction of sp³-hybridized carbons (Fsp3) is 0.250. The lowest BCUT2D eigenvalue weighted by molar-refractivity contribution is 0.322. The molecule has 6 nitrogen and oxygen atoms in total. The van der Waals surface area contributed by atoms with Crippen LogP contribution in [0.25, 0.3) is 16.8 Å². The van der Waals surface area contributed by atoms with E-state index in [-0.39, 0.29) is 6.04 Å². The Bertz CT molecular complexity index is 1130. The first-order valence-electron chi connectivity index (χ1n) is 10.4. The molecule has 1 unspecified atom stereocenters. The third-order valence-corrected chi connectivity index (χ3v) is 5.61. The Hall–Kier alpha value is -3.38. The minimum Gasteiger partial charge on any atom is -0.493 e. The van der Waals surface area contributed by atoms with Crippen LogP contribution in [0.15, 0.2) is 67.0 Å². The molecule has 30 heavy (non-hydrogen) atoms. The second kappa shape index (κ2) is 8.16. The molecule has 0 aliphatic carbocycles. The predicted octanol–water partition coefficient (Wildman–Crippen LogP) is 4.02. The highest BCUT2D eigenvalue weighted by atomic mass is 16.5. The summed E-state index contributed by atoms with van der Waals surface area (Å²) >= 11 is 0. The van der Waals surface area contributed by atoms with Crippen molar-refractivity contribution in [3.63, 3.8) is 0 Å². The van der Waals surface area contributed by atoms with Gasteiger partial charge >= 0.3 is 0 Å². The van der Waals surface area contributed by atoms with Crippen molar-refractivity contribution < 1.29 is 4.74 Å². The second-order valence-corrected chi connectivity index (χ2v) is 7.61. The maximum atomic E-state index is 6.24. The van der Waals surface area contributed by atoms with E-state index in [1.165, 1.54) is 5.56 Å². The Morgan fingerprint density at radius 1 is 1.10 bits per heavy atom. The number of ether oxygens (including phenoxy) is 1. The van der Waals surface area contributed by atoms with Crippen LogP contribution in [0.1, 0.15) is 30.3 Å². The molecule has 1 fully saturated rings. The molecule has 0 saturated carbocycles. The molecular formula is C24H25N5O. The third kappa shape index (κ3) is 3.62. The number of aromatic nitrogens is 3. The van der Waals surface area contributed by atoms with Gasteiger partial charge in [0.15, 0.2) is 0 Å². The number of fused-ring (bicyclic) bond motifs is 1. The number of anilines is 1. The van der Waals surface area contributed by atoms with Gasteiger partial charge in [-0.1, -0.05) is 30.3 Å². The van der Waals surface area contributed by atoms with Gasteiger partial charge in [0.25, 0.3) is 0 Å². The van der Waals surface area contributed by atoms with Gasteiger partial charge in [-0.15, -0.1) is 0 Å². The van der Waals surface area contributed by atoms with Crippen molar-refractivity contribution in [1.29, 1.82) is 0 Å². The zero-order valence-corrected chi connectivity index (χ0v) is 16.8. The van der Waals surface area contributed by atoms with Crippen molar-refractivity contribution in [2.45, 2.75) is 25.3 Å². The summed E-state index contributed by atoms with van der Waals surface area (Å²) in [6, 6.07) is 18.7. The van der Waals surface area contributed by atoms with E-state index < -0.39 is 0 Å². The van der Waals surface area contributed by atoms with Crippen molar-refractivity contribution >= 4 is 11.3 Å².